The van der Waals surface area contributed by atoms with Gasteiger partial charge in [0.1, 0.15) is 10.8 Å². The van der Waals surface area contributed by atoms with Gasteiger partial charge >= 0.3 is 0 Å². The lowest BCUT2D eigenvalue weighted by molar-refractivity contribution is 0.0950. The van der Waals surface area contributed by atoms with Crippen molar-refractivity contribution in [3.63, 3.8) is 0 Å². The number of aromatic nitrogens is 3. The average molecular weight is 374 g/mol. The Hall–Kier alpha value is -2.32. The maximum Gasteiger partial charge on any atom is 0.253 e. The molecule has 8 heteroatoms. The van der Waals surface area contributed by atoms with Crippen LogP contribution in [0.4, 0.5) is 5.82 Å². The normalized spacial score (nSPS) is 10.6. The molecule has 0 unspecified atom stereocenters. The van der Waals surface area contributed by atoms with Crippen molar-refractivity contribution in [1.82, 2.24) is 20.3 Å². The number of rotatable bonds is 7. The van der Waals surface area contributed by atoms with Crippen molar-refractivity contribution < 1.29 is 4.79 Å². The van der Waals surface area contributed by atoms with Gasteiger partial charge in [-0.25, -0.2) is 15.0 Å². The maximum atomic E-state index is 12.2. The molecular formula is C17H19N5OS2. The molecule has 6 nitrogen and oxygen atoms in total. The third-order valence-electron chi connectivity index (χ3n) is 3.50. The molecule has 0 aliphatic rings. The van der Waals surface area contributed by atoms with Gasteiger partial charge in [-0.2, -0.15) is 0 Å². The fraction of sp³-hybridized carbons (Fsp3) is 0.294. The zero-order valence-electron chi connectivity index (χ0n) is 14.1. The lowest BCUT2D eigenvalue weighted by atomic mass is 10.2. The molecule has 0 aliphatic carbocycles. The predicted molar refractivity (Wildman–Crippen MR) is 101 cm³/mol. The van der Waals surface area contributed by atoms with Crippen molar-refractivity contribution in [2.75, 3.05) is 5.32 Å². The highest BCUT2D eigenvalue weighted by molar-refractivity contribution is 7.09. The summed E-state index contributed by atoms with van der Waals surface area (Å²) in [7, 11) is 0. The molecule has 1 amide bonds. The summed E-state index contributed by atoms with van der Waals surface area (Å²) < 4.78 is 0. The molecule has 0 radical (unpaired) electrons. The van der Waals surface area contributed by atoms with Crippen LogP contribution in [0.2, 0.25) is 0 Å². The van der Waals surface area contributed by atoms with E-state index >= 15 is 0 Å². The second-order valence-electron chi connectivity index (χ2n) is 5.41. The number of thiazole rings is 2. The standard InChI is InChI=1S/C17H19N5OS2/c1-3-13-9-25-16(22-13)8-20-17(23)12-4-5-15(18-6-12)19-7-14-10-24-11(2)21-14/h4-6,9-10H,3,7-8H2,1-2H3,(H,18,19)(H,20,23). The molecule has 2 N–H and O–H groups in total. The van der Waals surface area contributed by atoms with E-state index in [0.717, 1.165) is 33.6 Å². The van der Waals surface area contributed by atoms with E-state index < -0.39 is 0 Å². The first-order valence-corrected chi connectivity index (χ1v) is 9.72. The van der Waals surface area contributed by atoms with Gasteiger partial charge in [0.05, 0.1) is 35.0 Å². The third kappa shape index (κ3) is 4.83. The van der Waals surface area contributed by atoms with Crippen LogP contribution in [0.25, 0.3) is 0 Å². The van der Waals surface area contributed by atoms with E-state index in [1.807, 2.05) is 17.7 Å². The Morgan fingerprint density at radius 3 is 2.60 bits per heavy atom. The van der Waals surface area contributed by atoms with Gasteiger partial charge in [0.25, 0.3) is 5.91 Å². The summed E-state index contributed by atoms with van der Waals surface area (Å²) in [6.07, 6.45) is 2.48. The van der Waals surface area contributed by atoms with Gasteiger partial charge in [0.15, 0.2) is 0 Å². The van der Waals surface area contributed by atoms with Gasteiger partial charge in [0, 0.05) is 17.0 Å². The summed E-state index contributed by atoms with van der Waals surface area (Å²) >= 11 is 3.19. The minimum atomic E-state index is -0.151. The molecule has 0 atom stereocenters. The predicted octanol–water partition coefficient (Wildman–Crippen LogP) is 3.41. The first-order chi connectivity index (χ1) is 12.1. The molecule has 0 bridgehead atoms. The van der Waals surface area contributed by atoms with E-state index in [4.69, 9.17) is 0 Å². The van der Waals surface area contributed by atoms with Crippen molar-refractivity contribution >= 4 is 34.4 Å². The van der Waals surface area contributed by atoms with Gasteiger partial charge in [-0.1, -0.05) is 6.92 Å². The van der Waals surface area contributed by atoms with E-state index in [1.54, 1.807) is 41.0 Å². The first-order valence-electron chi connectivity index (χ1n) is 7.96. The van der Waals surface area contributed by atoms with E-state index in [2.05, 4.69) is 32.5 Å². The van der Waals surface area contributed by atoms with Crippen molar-refractivity contribution in [3.8, 4) is 0 Å². The monoisotopic (exact) mass is 373 g/mol. The highest BCUT2D eigenvalue weighted by Crippen LogP contribution is 2.12. The number of carbonyl (C=O) groups excluding carboxylic acids is 1. The summed E-state index contributed by atoms with van der Waals surface area (Å²) in [5.74, 6) is 0.567. The second kappa shape index (κ2) is 8.17. The molecule has 25 heavy (non-hydrogen) atoms. The van der Waals surface area contributed by atoms with Crippen molar-refractivity contribution in [1.29, 1.82) is 0 Å². The van der Waals surface area contributed by atoms with Crippen molar-refractivity contribution in [3.05, 3.63) is 56.1 Å². The Labute approximate surface area is 154 Å². The summed E-state index contributed by atoms with van der Waals surface area (Å²) in [5.41, 5.74) is 2.57. The molecule has 0 saturated carbocycles. The molecule has 0 aromatic carbocycles. The van der Waals surface area contributed by atoms with E-state index in [0.29, 0.717) is 18.7 Å². The minimum absolute atomic E-state index is 0.151. The van der Waals surface area contributed by atoms with Gasteiger partial charge in [0.2, 0.25) is 0 Å². The summed E-state index contributed by atoms with van der Waals surface area (Å²) in [5, 5.41) is 12.1. The Bertz CT molecular complexity index is 841. The molecule has 0 saturated heterocycles. The molecule has 3 rings (SSSR count). The number of amides is 1. The Kier molecular flexibility index (Phi) is 5.72. The SMILES string of the molecule is CCc1csc(CNC(=O)c2ccc(NCc3csc(C)n3)nc2)n1. The lowest BCUT2D eigenvalue weighted by Crippen LogP contribution is -2.22. The van der Waals surface area contributed by atoms with Gasteiger partial charge in [-0.05, 0) is 25.5 Å². The molecule has 130 valence electrons. The molecule has 3 heterocycles. The van der Waals surface area contributed by atoms with Crippen LogP contribution < -0.4 is 10.6 Å². The van der Waals surface area contributed by atoms with Crippen LogP contribution >= 0.6 is 22.7 Å². The van der Waals surface area contributed by atoms with Crippen LogP contribution in [0.15, 0.2) is 29.1 Å². The smallest absolute Gasteiger partial charge is 0.253 e. The van der Waals surface area contributed by atoms with E-state index in [9.17, 15) is 4.79 Å². The Balaban J connectivity index is 1.51. The van der Waals surface area contributed by atoms with Gasteiger partial charge in [-0.15, -0.1) is 22.7 Å². The molecular weight excluding hydrogens is 354 g/mol. The van der Waals surface area contributed by atoms with Gasteiger partial charge < -0.3 is 10.6 Å². The largest absolute Gasteiger partial charge is 0.364 e. The fourth-order valence-electron chi connectivity index (χ4n) is 2.15. The van der Waals surface area contributed by atoms with Crippen LogP contribution in [0.5, 0.6) is 0 Å². The van der Waals surface area contributed by atoms with Crippen LogP contribution in [-0.4, -0.2) is 20.9 Å². The van der Waals surface area contributed by atoms with Crippen LogP contribution in [0, 0.1) is 6.92 Å². The summed E-state index contributed by atoms with van der Waals surface area (Å²) in [4.78, 5) is 25.3. The average Bonchev–Trinajstić information content (AvgIpc) is 3.27. The quantitative estimate of drug-likeness (QED) is 0.663. The zero-order valence-corrected chi connectivity index (χ0v) is 15.7. The molecule has 0 aliphatic heterocycles. The van der Waals surface area contributed by atoms with Crippen molar-refractivity contribution in [2.45, 2.75) is 33.4 Å². The van der Waals surface area contributed by atoms with Crippen molar-refractivity contribution in [2.24, 2.45) is 0 Å². The molecule has 0 fully saturated rings. The fourth-order valence-corrected chi connectivity index (χ4v) is 3.58. The number of hydrogen-bond acceptors (Lipinski definition) is 7. The van der Waals surface area contributed by atoms with E-state index in [-0.39, 0.29) is 5.91 Å². The maximum absolute atomic E-state index is 12.2. The van der Waals surface area contributed by atoms with Crippen LogP contribution in [0.1, 0.15) is 38.7 Å². The summed E-state index contributed by atoms with van der Waals surface area (Å²) in [6, 6.07) is 3.56. The van der Waals surface area contributed by atoms with E-state index in [1.165, 1.54) is 0 Å². The minimum Gasteiger partial charge on any atom is -0.364 e. The number of aryl methyl sites for hydroxylation is 2. The zero-order chi connectivity index (χ0) is 17.6. The second-order valence-corrected chi connectivity index (χ2v) is 7.42. The third-order valence-corrected chi connectivity index (χ3v) is 5.22. The van der Waals surface area contributed by atoms with Crippen LogP contribution in [0.3, 0.4) is 0 Å². The van der Waals surface area contributed by atoms with Crippen LogP contribution in [-0.2, 0) is 19.5 Å². The topological polar surface area (TPSA) is 79.8 Å². The summed E-state index contributed by atoms with van der Waals surface area (Å²) in [6.45, 7) is 5.10. The molecule has 0 spiro atoms. The Morgan fingerprint density at radius 1 is 1.12 bits per heavy atom. The number of carbonyl (C=O) groups is 1. The number of pyridine rings is 1. The number of anilines is 1. The van der Waals surface area contributed by atoms with Gasteiger partial charge in [-0.3, -0.25) is 4.79 Å². The number of hydrogen-bond donors (Lipinski definition) is 2. The number of nitrogens with zero attached hydrogens (tertiary/aromatic N) is 3. The Morgan fingerprint density at radius 2 is 1.96 bits per heavy atom. The molecule has 3 aromatic rings. The highest BCUT2D eigenvalue weighted by Gasteiger charge is 2.08. The highest BCUT2D eigenvalue weighted by atomic mass is 32.1. The number of nitrogens with one attached hydrogen (secondary N) is 2. The first kappa shape index (κ1) is 17.5. The lowest BCUT2D eigenvalue weighted by Gasteiger charge is -2.06. The molecule has 3 aromatic heterocycles.